The van der Waals surface area contributed by atoms with Crippen LogP contribution in [-0.2, 0) is 0 Å². The molecule has 0 radical (unpaired) electrons. The minimum Gasteiger partial charge on any atom is -0.307 e. The van der Waals surface area contributed by atoms with Crippen LogP contribution in [0.3, 0.4) is 0 Å². The third kappa shape index (κ3) is 2.85. The van der Waals surface area contributed by atoms with Gasteiger partial charge in [0.2, 0.25) is 0 Å². The highest BCUT2D eigenvalue weighted by Crippen LogP contribution is 2.20. The molecule has 0 spiro atoms. The van der Waals surface area contributed by atoms with Gasteiger partial charge in [-0.3, -0.25) is 14.9 Å². The Balaban J connectivity index is 2.46. The molecule has 0 aliphatic carbocycles. The van der Waals surface area contributed by atoms with Gasteiger partial charge in [0.1, 0.15) is 5.82 Å². The molecular formula is C13H13N3O3. The van der Waals surface area contributed by atoms with Gasteiger partial charge in [-0.2, -0.15) is 0 Å². The smallest absolute Gasteiger partial charge is 0.269 e. The highest BCUT2D eigenvalue weighted by Gasteiger charge is 2.09. The molecule has 98 valence electrons. The number of H-pyrrole nitrogens is 1. The van der Waals surface area contributed by atoms with Gasteiger partial charge in [0, 0.05) is 23.8 Å². The van der Waals surface area contributed by atoms with Gasteiger partial charge in [0.05, 0.1) is 10.6 Å². The number of rotatable bonds is 3. The predicted molar refractivity (Wildman–Crippen MR) is 71.0 cm³/mol. The molecule has 0 aliphatic rings. The lowest BCUT2D eigenvalue weighted by Crippen LogP contribution is -2.11. The van der Waals surface area contributed by atoms with Crippen LogP contribution in [0.5, 0.6) is 0 Å². The Kier molecular flexibility index (Phi) is 3.41. The maximum absolute atomic E-state index is 11.6. The van der Waals surface area contributed by atoms with Gasteiger partial charge in [-0.1, -0.05) is 13.8 Å². The Bertz CT molecular complexity index is 660. The quantitative estimate of drug-likeness (QED) is 0.677. The molecule has 2 aromatic rings. The summed E-state index contributed by atoms with van der Waals surface area (Å²) in [6, 6.07) is 7.37. The van der Waals surface area contributed by atoms with Crippen LogP contribution in [0.1, 0.15) is 25.5 Å². The van der Waals surface area contributed by atoms with Crippen molar-refractivity contribution in [1.82, 2.24) is 9.97 Å². The Morgan fingerprint density at radius 3 is 2.42 bits per heavy atom. The van der Waals surface area contributed by atoms with Crippen molar-refractivity contribution in [3.63, 3.8) is 0 Å². The lowest BCUT2D eigenvalue weighted by atomic mass is 10.1. The van der Waals surface area contributed by atoms with Crippen LogP contribution < -0.4 is 5.56 Å². The van der Waals surface area contributed by atoms with Gasteiger partial charge >= 0.3 is 0 Å². The molecule has 1 heterocycles. The molecule has 1 aromatic heterocycles. The van der Waals surface area contributed by atoms with Crippen LogP contribution in [0.25, 0.3) is 11.4 Å². The summed E-state index contributed by atoms with van der Waals surface area (Å²) in [6.45, 7) is 3.89. The maximum Gasteiger partial charge on any atom is 0.269 e. The Labute approximate surface area is 109 Å². The average Bonchev–Trinajstić information content (AvgIpc) is 2.38. The van der Waals surface area contributed by atoms with E-state index in [2.05, 4.69) is 9.97 Å². The number of nitrogens with zero attached hydrogens (tertiary/aromatic N) is 2. The molecule has 1 aromatic carbocycles. The molecule has 1 N–H and O–H groups in total. The van der Waals surface area contributed by atoms with E-state index in [-0.39, 0.29) is 17.2 Å². The second kappa shape index (κ2) is 5.01. The third-order valence-corrected chi connectivity index (χ3v) is 2.70. The standard InChI is InChI=1S/C13H13N3O3/c1-8(2)11-7-12(17)15-13(14-11)9-3-5-10(6-4-9)16(18)19/h3-8H,1-2H3,(H,14,15,17). The molecule has 0 bridgehead atoms. The molecule has 0 atom stereocenters. The van der Waals surface area contributed by atoms with Crippen molar-refractivity contribution >= 4 is 5.69 Å². The zero-order valence-corrected chi connectivity index (χ0v) is 10.6. The van der Waals surface area contributed by atoms with Gasteiger partial charge < -0.3 is 4.98 Å². The van der Waals surface area contributed by atoms with E-state index in [1.165, 1.54) is 18.2 Å². The van der Waals surface area contributed by atoms with Gasteiger partial charge in [-0.05, 0) is 18.1 Å². The van der Waals surface area contributed by atoms with E-state index in [0.717, 1.165) is 0 Å². The van der Waals surface area contributed by atoms with E-state index in [9.17, 15) is 14.9 Å². The van der Waals surface area contributed by atoms with Crippen molar-refractivity contribution in [2.75, 3.05) is 0 Å². The lowest BCUT2D eigenvalue weighted by Gasteiger charge is -2.06. The zero-order valence-electron chi connectivity index (χ0n) is 10.6. The molecule has 0 saturated heterocycles. The molecule has 0 amide bonds. The normalized spacial score (nSPS) is 10.7. The van der Waals surface area contributed by atoms with E-state index in [1.54, 1.807) is 12.1 Å². The number of non-ortho nitro benzene ring substituents is 1. The SMILES string of the molecule is CC(C)c1cc(=O)[nH]c(-c2ccc([N+](=O)[O-])cc2)n1. The summed E-state index contributed by atoms with van der Waals surface area (Å²) in [6.07, 6.45) is 0. The number of aromatic nitrogens is 2. The molecular weight excluding hydrogens is 246 g/mol. The van der Waals surface area contributed by atoms with Crippen molar-refractivity contribution in [1.29, 1.82) is 0 Å². The highest BCUT2D eigenvalue weighted by atomic mass is 16.6. The van der Waals surface area contributed by atoms with Crippen molar-refractivity contribution < 1.29 is 4.92 Å². The van der Waals surface area contributed by atoms with Gasteiger partial charge in [-0.15, -0.1) is 0 Å². The van der Waals surface area contributed by atoms with Crippen LogP contribution in [0.15, 0.2) is 35.1 Å². The average molecular weight is 259 g/mol. The van der Waals surface area contributed by atoms with Gasteiger partial charge in [0.25, 0.3) is 11.2 Å². The summed E-state index contributed by atoms with van der Waals surface area (Å²) >= 11 is 0. The topological polar surface area (TPSA) is 88.9 Å². The summed E-state index contributed by atoms with van der Waals surface area (Å²) in [5.41, 5.74) is 1.11. The van der Waals surface area contributed by atoms with Gasteiger partial charge in [-0.25, -0.2) is 4.98 Å². The molecule has 0 fully saturated rings. The number of nitro benzene ring substituents is 1. The number of hydrogen-bond acceptors (Lipinski definition) is 4. The molecule has 6 heteroatoms. The van der Waals surface area contributed by atoms with Gasteiger partial charge in [0.15, 0.2) is 0 Å². The first kappa shape index (κ1) is 12.9. The summed E-state index contributed by atoms with van der Waals surface area (Å²) in [7, 11) is 0. The maximum atomic E-state index is 11.6. The van der Waals surface area contributed by atoms with Crippen LogP contribution in [-0.4, -0.2) is 14.9 Å². The first-order valence-corrected chi connectivity index (χ1v) is 5.83. The first-order chi connectivity index (χ1) is 8.97. The number of aromatic amines is 1. The minimum atomic E-state index is -0.468. The lowest BCUT2D eigenvalue weighted by molar-refractivity contribution is -0.384. The summed E-state index contributed by atoms with van der Waals surface area (Å²) in [5, 5.41) is 10.6. The summed E-state index contributed by atoms with van der Waals surface area (Å²) < 4.78 is 0. The number of nitrogens with one attached hydrogen (secondary N) is 1. The van der Waals surface area contributed by atoms with E-state index in [1.807, 2.05) is 13.8 Å². The molecule has 0 unspecified atom stereocenters. The third-order valence-electron chi connectivity index (χ3n) is 2.70. The molecule has 6 nitrogen and oxygen atoms in total. The largest absolute Gasteiger partial charge is 0.307 e. The monoisotopic (exact) mass is 259 g/mol. The molecule has 0 aliphatic heterocycles. The van der Waals surface area contributed by atoms with Crippen LogP contribution in [0, 0.1) is 10.1 Å². The highest BCUT2D eigenvalue weighted by molar-refractivity contribution is 5.57. The van der Waals surface area contributed by atoms with Crippen molar-refractivity contribution in [2.45, 2.75) is 19.8 Å². The number of benzene rings is 1. The fourth-order valence-corrected chi connectivity index (χ4v) is 1.65. The number of hydrogen-bond donors (Lipinski definition) is 1. The molecule has 2 rings (SSSR count). The van der Waals surface area contributed by atoms with E-state index in [0.29, 0.717) is 17.1 Å². The van der Waals surface area contributed by atoms with Crippen molar-refractivity contribution in [2.24, 2.45) is 0 Å². The second-order valence-electron chi connectivity index (χ2n) is 4.48. The van der Waals surface area contributed by atoms with Crippen LogP contribution in [0.2, 0.25) is 0 Å². The Morgan fingerprint density at radius 1 is 1.26 bits per heavy atom. The second-order valence-corrected chi connectivity index (χ2v) is 4.48. The van der Waals surface area contributed by atoms with Crippen molar-refractivity contribution in [3.8, 4) is 11.4 Å². The predicted octanol–water partition coefficient (Wildman–Crippen LogP) is 2.47. The van der Waals surface area contributed by atoms with Crippen LogP contribution >= 0.6 is 0 Å². The first-order valence-electron chi connectivity index (χ1n) is 5.83. The van der Waals surface area contributed by atoms with Crippen molar-refractivity contribution in [3.05, 3.63) is 56.5 Å². The zero-order chi connectivity index (χ0) is 14.0. The van der Waals surface area contributed by atoms with E-state index < -0.39 is 4.92 Å². The Hall–Kier alpha value is -2.50. The fourth-order valence-electron chi connectivity index (χ4n) is 1.65. The molecule has 19 heavy (non-hydrogen) atoms. The summed E-state index contributed by atoms with van der Waals surface area (Å²) in [5.74, 6) is 0.560. The Morgan fingerprint density at radius 2 is 1.89 bits per heavy atom. The minimum absolute atomic E-state index is 0.00566. The number of nitro groups is 1. The van der Waals surface area contributed by atoms with E-state index >= 15 is 0 Å². The van der Waals surface area contributed by atoms with E-state index in [4.69, 9.17) is 0 Å². The molecule has 0 saturated carbocycles. The van der Waals surface area contributed by atoms with Crippen LogP contribution in [0.4, 0.5) is 5.69 Å². The summed E-state index contributed by atoms with van der Waals surface area (Å²) in [4.78, 5) is 28.7. The fraction of sp³-hybridized carbons (Fsp3) is 0.231.